The average Bonchev–Trinajstić information content (AvgIpc) is 2.77. The van der Waals surface area contributed by atoms with Crippen LogP contribution in [-0.4, -0.2) is 11.8 Å². The molecule has 2 aromatic rings. The van der Waals surface area contributed by atoms with Crippen molar-refractivity contribution in [3.8, 4) is 0 Å². The van der Waals surface area contributed by atoms with Gasteiger partial charge in [-0.15, -0.1) is 11.8 Å². The highest BCUT2D eigenvalue weighted by Crippen LogP contribution is 2.41. The number of thioether (sulfide) groups is 1. The number of hydrogen-bond donors (Lipinski definition) is 1. The van der Waals surface area contributed by atoms with Crippen molar-refractivity contribution in [2.75, 3.05) is 6.54 Å². The molecule has 2 atom stereocenters. The van der Waals surface area contributed by atoms with Gasteiger partial charge >= 0.3 is 0 Å². The van der Waals surface area contributed by atoms with E-state index in [1.54, 1.807) is 0 Å². The van der Waals surface area contributed by atoms with Crippen LogP contribution in [0.15, 0.2) is 57.9 Å². The quantitative estimate of drug-likeness (QED) is 0.850. The molecule has 0 bridgehead atoms. The van der Waals surface area contributed by atoms with Crippen molar-refractivity contribution in [3.05, 3.63) is 64.1 Å². The van der Waals surface area contributed by atoms with Gasteiger partial charge in [0, 0.05) is 20.7 Å². The lowest BCUT2D eigenvalue weighted by Gasteiger charge is -2.21. The number of halogens is 1. The second-order valence-corrected chi connectivity index (χ2v) is 7.28. The van der Waals surface area contributed by atoms with E-state index in [-0.39, 0.29) is 0 Å². The third-order valence-corrected chi connectivity index (χ3v) is 5.45. The molecule has 0 amide bonds. The molecule has 0 heterocycles. The van der Waals surface area contributed by atoms with Crippen LogP contribution < -0.4 is 5.32 Å². The van der Waals surface area contributed by atoms with Crippen molar-refractivity contribution in [2.45, 2.75) is 29.5 Å². The molecule has 0 saturated heterocycles. The normalized spacial score (nSPS) is 20.9. The molecule has 0 aliphatic heterocycles. The Hall–Kier alpha value is -0.770. The van der Waals surface area contributed by atoms with Crippen LogP contribution >= 0.6 is 27.7 Å². The van der Waals surface area contributed by atoms with Crippen molar-refractivity contribution < 1.29 is 0 Å². The molecule has 1 aliphatic rings. The van der Waals surface area contributed by atoms with Crippen molar-refractivity contribution in [1.29, 1.82) is 0 Å². The summed E-state index contributed by atoms with van der Waals surface area (Å²) in [5, 5.41) is 4.22. The number of benzene rings is 2. The van der Waals surface area contributed by atoms with E-state index < -0.39 is 0 Å². The highest BCUT2D eigenvalue weighted by Gasteiger charge is 2.32. The first-order valence-electron chi connectivity index (χ1n) is 7.01. The van der Waals surface area contributed by atoms with Crippen LogP contribution in [-0.2, 0) is 6.42 Å². The number of fused-ring (bicyclic) bond motifs is 1. The van der Waals surface area contributed by atoms with Crippen molar-refractivity contribution in [3.63, 3.8) is 0 Å². The first kappa shape index (κ1) is 14.2. The summed E-state index contributed by atoms with van der Waals surface area (Å²) in [4.78, 5) is 1.33. The Kier molecular flexibility index (Phi) is 4.49. The van der Waals surface area contributed by atoms with Crippen LogP contribution in [0, 0.1) is 0 Å². The summed E-state index contributed by atoms with van der Waals surface area (Å²) >= 11 is 5.53. The van der Waals surface area contributed by atoms with Gasteiger partial charge in [-0.05, 0) is 42.3 Å². The Morgan fingerprint density at radius 1 is 1.20 bits per heavy atom. The molecule has 1 N–H and O–H groups in total. The molecule has 20 heavy (non-hydrogen) atoms. The minimum atomic E-state index is 0.459. The van der Waals surface area contributed by atoms with E-state index in [4.69, 9.17) is 0 Å². The lowest BCUT2D eigenvalue weighted by Crippen LogP contribution is -2.26. The number of rotatable bonds is 4. The number of hydrogen-bond acceptors (Lipinski definition) is 2. The first-order valence-corrected chi connectivity index (χ1v) is 8.68. The SMILES string of the molecule is CCNC1c2ccccc2CC1Sc1cccc(Br)c1. The van der Waals surface area contributed by atoms with Gasteiger partial charge in [0.25, 0.3) is 0 Å². The zero-order valence-corrected chi connectivity index (χ0v) is 13.9. The average molecular weight is 348 g/mol. The van der Waals surface area contributed by atoms with Crippen molar-refractivity contribution in [1.82, 2.24) is 5.32 Å². The summed E-state index contributed by atoms with van der Waals surface area (Å²) in [5.41, 5.74) is 2.97. The van der Waals surface area contributed by atoms with Crippen LogP contribution in [0.4, 0.5) is 0 Å². The summed E-state index contributed by atoms with van der Waals surface area (Å²) in [5.74, 6) is 0. The van der Waals surface area contributed by atoms with Gasteiger partial charge in [-0.25, -0.2) is 0 Å². The standard InChI is InChI=1S/C17H18BrNS/c1-2-19-17-15-9-4-3-6-12(15)10-16(17)20-14-8-5-7-13(18)11-14/h3-9,11,16-17,19H,2,10H2,1H3. The molecule has 2 unspecified atom stereocenters. The van der Waals surface area contributed by atoms with Crippen molar-refractivity contribution in [2.24, 2.45) is 0 Å². The zero-order valence-electron chi connectivity index (χ0n) is 11.5. The molecule has 0 aromatic heterocycles. The van der Waals surface area contributed by atoms with E-state index in [0.717, 1.165) is 17.4 Å². The number of nitrogens with one attached hydrogen (secondary N) is 1. The molecule has 2 aromatic carbocycles. The summed E-state index contributed by atoms with van der Waals surface area (Å²) in [7, 11) is 0. The van der Waals surface area contributed by atoms with Gasteiger partial charge in [0.1, 0.15) is 0 Å². The Balaban J connectivity index is 1.83. The van der Waals surface area contributed by atoms with Crippen LogP contribution in [0.5, 0.6) is 0 Å². The maximum Gasteiger partial charge on any atom is 0.0450 e. The van der Waals surface area contributed by atoms with Gasteiger partial charge in [-0.2, -0.15) is 0 Å². The molecule has 1 aliphatic carbocycles. The fraction of sp³-hybridized carbons (Fsp3) is 0.294. The van der Waals surface area contributed by atoms with Gasteiger partial charge in [-0.3, -0.25) is 0 Å². The minimum absolute atomic E-state index is 0.459. The Morgan fingerprint density at radius 3 is 2.85 bits per heavy atom. The second kappa shape index (κ2) is 6.33. The van der Waals surface area contributed by atoms with Gasteiger partial charge < -0.3 is 5.32 Å². The minimum Gasteiger partial charge on any atom is -0.309 e. The largest absolute Gasteiger partial charge is 0.309 e. The van der Waals surface area contributed by atoms with Crippen LogP contribution in [0.1, 0.15) is 24.1 Å². The monoisotopic (exact) mass is 347 g/mol. The molecule has 0 radical (unpaired) electrons. The fourth-order valence-corrected chi connectivity index (χ4v) is 4.74. The summed E-state index contributed by atoms with van der Waals surface area (Å²) in [6.07, 6.45) is 1.14. The van der Waals surface area contributed by atoms with E-state index in [1.165, 1.54) is 16.0 Å². The molecule has 104 valence electrons. The van der Waals surface area contributed by atoms with Gasteiger partial charge in [0.15, 0.2) is 0 Å². The lowest BCUT2D eigenvalue weighted by molar-refractivity contribution is 0.560. The molecule has 0 saturated carbocycles. The molecule has 0 fully saturated rings. The highest BCUT2D eigenvalue weighted by molar-refractivity contribution is 9.10. The van der Waals surface area contributed by atoms with Gasteiger partial charge in [0.2, 0.25) is 0 Å². The smallest absolute Gasteiger partial charge is 0.0450 e. The molecular weight excluding hydrogens is 330 g/mol. The molecule has 0 spiro atoms. The Morgan fingerprint density at radius 2 is 2.05 bits per heavy atom. The summed E-state index contributed by atoms with van der Waals surface area (Å²) in [6.45, 7) is 3.19. The predicted octanol–water partition coefficient (Wildman–Crippen LogP) is 4.82. The Labute approximate surface area is 133 Å². The van der Waals surface area contributed by atoms with Crippen LogP contribution in [0.2, 0.25) is 0 Å². The third-order valence-electron chi connectivity index (χ3n) is 3.69. The Bertz CT molecular complexity index is 599. The van der Waals surface area contributed by atoms with E-state index in [2.05, 4.69) is 76.7 Å². The van der Waals surface area contributed by atoms with Crippen molar-refractivity contribution >= 4 is 27.7 Å². The van der Waals surface area contributed by atoms with Gasteiger partial charge in [-0.1, -0.05) is 53.2 Å². The lowest BCUT2D eigenvalue weighted by atomic mass is 10.1. The maximum absolute atomic E-state index is 3.65. The summed E-state index contributed by atoms with van der Waals surface area (Å²) < 4.78 is 1.15. The summed E-state index contributed by atoms with van der Waals surface area (Å²) in [6, 6.07) is 17.9. The molecule has 1 nitrogen and oxygen atoms in total. The van der Waals surface area contributed by atoms with E-state index in [9.17, 15) is 0 Å². The second-order valence-electron chi connectivity index (χ2n) is 5.05. The molecule has 3 heteroatoms. The topological polar surface area (TPSA) is 12.0 Å². The molecular formula is C17H18BrNS. The first-order chi connectivity index (χ1) is 9.78. The zero-order chi connectivity index (χ0) is 13.9. The highest BCUT2D eigenvalue weighted by atomic mass is 79.9. The molecule has 3 rings (SSSR count). The van der Waals surface area contributed by atoms with E-state index in [0.29, 0.717) is 11.3 Å². The fourth-order valence-electron chi connectivity index (χ4n) is 2.84. The van der Waals surface area contributed by atoms with Crippen LogP contribution in [0.3, 0.4) is 0 Å². The van der Waals surface area contributed by atoms with E-state index in [1.807, 2.05) is 11.8 Å². The van der Waals surface area contributed by atoms with Gasteiger partial charge in [0.05, 0.1) is 0 Å². The maximum atomic E-state index is 3.65. The van der Waals surface area contributed by atoms with Crippen LogP contribution in [0.25, 0.3) is 0 Å². The predicted molar refractivity (Wildman–Crippen MR) is 90.4 cm³/mol. The third kappa shape index (κ3) is 2.95. The van der Waals surface area contributed by atoms with E-state index >= 15 is 0 Å².